The van der Waals surface area contributed by atoms with E-state index in [1.54, 1.807) is 4.90 Å². The summed E-state index contributed by atoms with van der Waals surface area (Å²) in [6.45, 7) is 7.07. The fourth-order valence-electron chi connectivity index (χ4n) is 2.40. The average molecular weight is 320 g/mol. The first-order valence-corrected chi connectivity index (χ1v) is 8.05. The van der Waals surface area contributed by atoms with E-state index in [-0.39, 0.29) is 18.1 Å². The summed E-state index contributed by atoms with van der Waals surface area (Å²) >= 11 is 5.32. The molecule has 21 heavy (non-hydrogen) atoms. The molecule has 0 aromatic carbocycles. The van der Waals surface area contributed by atoms with Crippen LogP contribution in [-0.2, 0) is 14.3 Å². The molecule has 0 radical (unpaired) electrons. The van der Waals surface area contributed by atoms with E-state index in [1.165, 1.54) is 0 Å². The van der Waals surface area contributed by atoms with E-state index in [2.05, 4.69) is 4.74 Å². The first-order chi connectivity index (χ1) is 9.81. The van der Waals surface area contributed by atoms with Gasteiger partial charge in [-0.15, -0.1) is 0 Å². The average Bonchev–Trinajstić information content (AvgIpc) is 2.38. The highest BCUT2D eigenvalue weighted by Crippen LogP contribution is 2.24. The molecule has 0 saturated carbocycles. The lowest BCUT2D eigenvalue weighted by Gasteiger charge is -2.33. The molecule has 0 aliphatic carbocycles. The maximum atomic E-state index is 11.9. The number of rotatable bonds is 5. The van der Waals surface area contributed by atoms with Crippen molar-refractivity contribution in [2.75, 3.05) is 19.2 Å². The number of carbonyl (C=O) groups excluding carboxylic acids is 2. The van der Waals surface area contributed by atoms with Crippen LogP contribution in [0, 0.1) is 5.92 Å². The molecule has 122 valence electrons. The van der Waals surface area contributed by atoms with Gasteiger partial charge in [0.15, 0.2) is 6.07 Å². The molecule has 1 heterocycles. The van der Waals surface area contributed by atoms with Gasteiger partial charge < -0.3 is 14.4 Å². The van der Waals surface area contributed by atoms with E-state index in [0.717, 1.165) is 38.8 Å². The second kappa shape index (κ2) is 8.47. The summed E-state index contributed by atoms with van der Waals surface area (Å²) in [5.74, 6) is 0.323. The Morgan fingerprint density at radius 2 is 1.86 bits per heavy atom. The fraction of sp³-hybridized carbons (Fsp3) is 0.867. The zero-order valence-corrected chi connectivity index (χ0v) is 13.9. The predicted octanol–water partition coefficient (Wildman–Crippen LogP) is 3.54. The molecule has 0 spiro atoms. The van der Waals surface area contributed by atoms with E-state index in [1.807, 2.05) is 20.8 Å². The largest absolute Gasteiger partial charge is 0.449 e. The molecule has 1 amide bonds. The number of hydrogen-bond donors (Lipinski definition) is 0. The van der Waals surface area contributed by atoms with Crippen LogP contribution in [0.1, 0.15) is 52.9 Å². The van der Waals surface area contributed by atoms with Crippen molar-refractivity contribution in [3.8, 4) is 0 Å². The summed E-state index contributed by atoms with van der Waals surface area (Å²) < 4.78 is 10.0. The van der Waals surface area contributed by atoms with Gasteiger partial charge in [0.05, 0.1) is 0 Å². The molecule has 5 nitrogen and oxygen atoms in total. The fourth-order valence-corrected chi connectivity index (χ4v) is 2.52. The molecule has 1 fully saturated rings. The van der Waals surface area contributed by atoms with Crippen LogP contribution >= 0.6 is 11.6 Å². The molecule has 0 atom stereocenters. The van der Waals surface area contributed by atoms with Crippen LogP contribution in [0.15, 0.2) is 0 Å². The highest BCUT2D eigenvalue weighted by Gasteiger charge is 2.26. The number of hydrogen-bond acceptors (Lipinski definition) is 4. The predicted molar refractivity (Wildman–Crippen MR) is 81.2 cm³/mol. The molecule has 6 heteroatoms. The lowest BCUT2D eigenvalue weighted by molar-refractivity contribution is -0.141. The Balaban J connectivity index is 2.20. The monoisotopic (exact) mass is 319 g/mol. The van der Waals surface area contributed by atoms with Gasteiger partial charge in [0.2, 0.25) is 0 Å². The van der Waals surface area contributed by atoms with E-state index in [4.69, 9.17) is 16.3 Å². The van der Waals surface area contributed by atoms with Crippen LogP contribution in [0.25, 0.3) is 0 Å². The Morgan fingerprint density at radius 1 is 1.24 bits per heavy atom. The van der Waals surface area contributed by atoms with Crippen LogP contribution < -0.4 is 0 Å². The van der Waals surface area contributed by atoms with Crippen molar-refractivity contribution in [2.24, 2.45) is 5.92 Å². The van der Waals surface area contributed by atoms with Gasteiger partial charge in [0.1, 0.15) is 5.60 Å². The van der Waals surface area contributed by atoms with Crippen molar-refractivity contribution in [3.05, 3.63) is 0 Å². The minimum absolute atomic E-state index is 0.0763. The molecule has 1 aliphatic heterocycles. The first-order valence-electron chi connectivity index (χ1n) is 7.51. The SMILES string of the molecule is CC(C)(C)OC(=O)N1CCC(CCCC(=O)OCCl)CC1. The van der Waals surface area contributed by atoms with Crippen molar-refractivity contribution >= 4 is 23.7 Å². The second-order valence-corrected chi connectivity index (χ2v) is 6.65. The maximum absolute atomic E-state index is 11.9. The molecule has 1 saturated heterocycles. The molecule has 1 rings (SSSR count). The van der Waals surface area contributed by atoms with Crippen molar-refractivity contribution in [1.29, 1.82) is 0 Å². The second-order valence-electron chi connectivity index (χ2n) is 6.43. The number of halogens is 1. The summed E-state index contributed by atoms with van der Waals surface area (Å²) in [4.78, 5) is 24.9. The third-order valence-corrected chi connectivity index (χ3v) is 3.58. The topological polar surface area (TPSA) is 55.8 Å². The summed E-state index contributed by atoms with van der Waals surface area (Å²) in [6, 6.07) is -0.0763. The lowest BCUT2D eigenvalue weighted by atomic mass is 9.92. The van der Waals surface area contributed by atoms with Crippen LogP contribution in [0.4, 0.5) is 4.79 Å². The van der Waals surface area contributed by atoms with Crippen molar-refractivity contribution in [1.82, 2.24) is 4.90 Å². The quantitative estimate of drug-likeness (QED) is 0.574. The van der Waals surface area contributed by atoms with Crippen molar-refractivity contribution in [2.45, 2.75) is 58.5 Å². The number of alkyl halides is 1. The molecule has 0 N–H and O–H groups in total. The highest BCUT2D eigenvalue weighted by atomic mass is 35.5. The van der Waals surface area contributed by atoms with E-state index in [0.29, 0.717) is 12.3 Å². The Morgan fingerprint density at radius 3 is 2.38 bits per heavy atom. The van der Waals surface area contributed by atoms with Gasteiger partial charge >= 0.3 is 12.1 Å². The van der Waals surface area contributed by atoms with Gasteiger partial charge in [0.25, 0.3) is 0 Å². The van der Waals surface area contributed by atoms with Crippen LogP contribution in [0.2, 0.25) is 0 Å². The third-order valence-electron chi connectivity index (χ3n) is 3.48. The number of piperidine rings is 1. The normalized spacial score (nSPS) is 16.7. The summed E-state index contributed by atoms with van der Waals surface area (Å²) in [5.41, 5.74) is -0.448. The molecule has 0 bridgehead atoms. The van der Waals surface area contributed by atoms with Gasteiger partial charge in [-0.05, 0) is 52.4 Å². The minimum atomic E-state index is -0.448. The first kappa shape index (κ1) is 18.1. The number of esters is 1. The summed E-state index contributed by atoms with van der Waals surface area (Å²) in [5, 5.41) is 0. The summed E-state index contributed by atoms with van der Waals surface area (Å²) in [7, 11) is 0. The van der Waals surface area contributed by atoms with E-state index in [9.17, 15) is 9.59 Å². The number of carbonyl (C=O) groups is 2. The number of amides is 1. The molecule has 0 aromatic rings. The van der Waals surface area contributed by atoms with Gasteiger partial charge in [-0.1, -0.05) is 11.6 Å². The molecular formula is C15H26ClNO4. The Hall–Kier alpha value is -0.970. The van der Waals surface area contributed by atoms with Gasteiger partial charge in [-0.3, -0.25) is 4.79 Å². The van der Waals surface area contributed by atoms with Crippen LogP contribution in [-0.4, -0.2) is 41.7 Å². The van der Waals surface area contributed by atoms with Crippen molar-refractivity contribution in [3.63, 3.8) is 0 Å². The van der Waals surface area contributed by atoms with Gasteiger partial charge in [-0.2, -0.15) is 0 Å². The standard InChI is InChI=1S/C15H26ClNO4/c1-15(2,3)21-14(19)17-9-7-12(8-10-17)5-4-6-13(18)20-11-16/h12H,4-11H2,1-3H3. The lowest BCUT2D eigenvalue weighted by Crippen LogP contribution is -2.41. The molecule has 1 aliphatic rings. The van der Waals surface area contributed by atoms with Crippen molar-refractivity contribution < 1.29 is 19.1 Å². The molecular weight excluding hydrogens is 294 g/mol. The zero-order valence-electron chi connectivity index (χ0n) is 13.2. The zero-order chi connectivity index (χ0) is 15.9. The van der Waals surface area contributed by atoms with Crippen LogP contribution in [0.3, 0.4) is 0 Å². The Bertz CT molecular complexity index is 346. The van der Waals surface area contributed by atoms with Gasteiger partial charge in [0, 0.05) is 19.5 Å². The smallest absolute Gasteiger partial charge is 0.410 e. The Labute approximate surface area is 131 Å². The molecule has 0 aromatic heterocycles. The van der Waals surface area contributed by atoms with E-state index < -0.39 is 5.60 Å². The third kappa shape index (κ3) is 7.55. The Kier molecular flexibility index (Phi) is 7.29. The maximum Gasteiger partial charge on any atom is 0.410 e. The number of nitrogens with zero attached hydrogens (tertiary/aromatic N) is 1. The number of ether oxygens (including phenoxy) is 2. The number of likely N-dealkylation sites (tertiary alicyclic amines) is 1. The van der Waals surface area contributed by atoms with Crippen LogP contribution in [0.5, 0.6) is 0 Å². The van der Waals surface area contributed by atoms with E-state index >= 15 is 0 Å². The molecule has 0 unspecified atom stereocenters. The highest BCUT2D eigenvalue weighted by molar-refractivity contribution is 6.17. The van der Waals surface area contributed by atoms with Gasteiger partial charge in [-0.25, -0.2) is 4.79 Å². The minimum Gasteiger partial charge on any atom is -0.449 e. The summed E-state index contributed by atoms with van der Waals surface area (Å²) in [6.07, 6.45) is 3.91.